The Balaban J connectivity index is 0.961. The van der Waals surface area contributed by atoms with Gasteiger partial charge in [0.05, 0.1) is 11.0 Å². The molecule has 5 nitrogen and oxygen atoms in total. The van der Waals surface area contributed by atoms with Crippen molar-refractivity contribution in [3.05, 3.63) is 211 Å². The highest BCUT2D eigenvalue weighted by Gasteiger charge is 2.24. The first-order chi connectivity index (χ1) is 27.7. The first kappa shape index (κ1) is 32.0. The summed E-state index contributed by atoms with van der Waals surface area (Å²) in [4.78, 5) is 10.1. The molecule has 264 valence electrons. The molecule has 56 heavy (non-hydrogen) atoms. The third kappa shape index (κ3) is 5.40. The molecule has 0 aliphatic carbocycles. The molecular weight excluding hydrogens is 685 g/mol. The quantitative estimate of drug-likeness (QED) is 0.186. The Morgan fingerprint density at radius 3 is 1.86 bits per heavy atom. The van der Waals surface area contributed by atoms with E-state index >= 15 is 0 Å². The number of hydrogen-bond donors (Lipinski definition) is 1. The number of hydrogen-bond acceptors (Lipinski definition) is 4. The van der Waals surface area contributed by atoms with Crippen molar-refractivity contribution in [2.45, 2.75) is 6.17 Å². The monoisotopic (exact) mass is 718 g/mol. The average molecular weight is 719 g/mol. The van der Waals surface area contributed by atoms with Crippen molar-refractivity contribution in [1.82, 2.24) is 9.88 Å². The van der Waals surface area contributed by atoms with Gasteiger partial charge >= 0.3 is 0 Å². The summed E-state index contributed by atoms with van der Waals surface area (Å²) in [5.74, 6) is 1.49. The summed E-state index contributed by atoms with van der Waals surface area (Å²) in [6.45, 7) is 0. The normalized spacial score (nSPS) is 14.2. The highest BCUT2D eigenvalue weighted by molar-refractivity contribution is 6.14. The van der Waals surface area contributed by atoms with Gasteiger partial charge < -0.3 is 14.3 Å². The van der Waals surface area contributed by atoms with Crippen LogP contribution in [0.15, 0.2) is 209 Å². The zero-order valence-electron chi connectivity index (χ0n) is 30.3. The second-order valence-electron chi connectivity index (χ2n) is 14.2. The van der Waals surface area contributed by atoms with Gasteiger partial charge in [-0.25, -0.2) is 9.98 Å². The van der Waals surface area contributed by atoms with Crippen LogP contribution in [0.4, 0.5) is 0 Å². The third-order valence-corrected chi connectivity index (χ3v) is 10.9. The largest absolute Gasteiger partial charge is 0.456 e. The minimum atomic E-state index is -0.361. The van der Waals surface area contributed by atoms with Crippen LogP contribution in [-0.4, -0.2) is 16.2 Å². The van der Waals surface area contributed by atoms with Crippen molar-refractivity contribution in [3.8, 4) is 27.9 Å². The van der Waals surface area contributed by atoms with Gasteiger partial charge in [-0.1, -0.05) is 146 Å². The van der Waals surface area contributed by atoms with Crippen LogP contribution in [0, 0.1) is 0 Å². The van der Waals surface area contributed by atoms with Crippen LogP contribution in [-0.2, 0) is 0 Å². The lowest BCUT2D eigenvalue weighted by Gasteiger charge is -2.24. The van der Waals surface area contributed by atoms with E-state index in [0.29, 0.717) is 5.84 Å². The fourth-order valence-corrected chi connectivity index (χ4v) is 8.19. The van der Waals surface area contributed by atoms with E-state index in [2.05, 4.69) is 155 Å². The molecule has 1 aliphatic rings. The lowest BCUT2D eigenvalue weighted by atomic mass is 10.00. The maximum atomic E-state index is 6.58. The van der Waals surface area contributed by atoms with Gasteiger partial charge in [0.15, 0.2) is 5.84 Å². The molecular formula is C51H34N4O. The summed E-state index contributed by atoms with van der Waals surface area (Å²) < 4.78 is 8.95. The molecule has 0 bridgehead atoms. The van der Waals surface area contributed by atoms with Crippen LogP contribution >= 0.6 is 0 Å². The van der Waals surface area contributed by atoms with Crippen molar-refractivity contribution in [1.29, 1.82) is 0 Å². The van der Waals surface area contributed by atoms with Crippen molar-refractivity contribution < 1.29 is 4.42 Å². The van der Waals surface area contributed by atoms with Crippen molar-refractivity contribution >= 4 is 55.4 Å². The van der Waals surface area contributed by atoms with Crippen LogP contribution in [0.2, 0.25) is 0 Å². The molecule has 8 aromatic carbocycles. The number of furan rings is 1. The van der Waals surface area contributed by atoms with E-state index in [1.807, 2.05) is 48.5 Å². The first-order valence-corrected chi connectivity index (χ1v) is 18.9. The van der Waals surface area contributed by atoms with Crippen LogP contribution in [0.1, 0.15) is 22.9 Å². The molecule has 0 radical (unpaired) electrons. The molecule has 1 atom stereocenters. The Hall–Kier alpha value is -7.50. The molecule has 1 aliphatic heterocycles. The number of para-hydroxylation sites is 1. The summed E-state index contributed by atoms with van der Waals surface area (Å²) in [5, 5.41) is 8.23. The minimum absolute atomic E-state index is 0.361. The van der Waals surface area contributed by atoms with Gasteiger partial charge in [-0.05, 0) is 70.8 Å². The molecule has 1 unspecified atom stereocenters. The fraction of sp³-hybridized carbons (Fsp3) is 0.0196. The third-order valence-electron chi connectivity index (χ3n) is 10.9. The number of benzene rings is 8. The topological polar surface area (TPSA) is 54.8 Å². The van der Waals surface area contributed by atoms with E-state index in [1.54, 1.807) is 0 Å². The predicted molar refractivity (Wildman–Crippen MR) is 231 cm³/mol. The Labute approximate surface area is 323 Å². The number of rotatable bonds is 6. The number of aromatic nitrogens is 1. The molecule has 2 aromatic heterocycles. The van der Waals surface area contributed by atoms with Crippen LogP contribution < -0.4 is 5.32 Å². The van der Waals surface area contributed by atoms with Crippen molar-refractivity contribution in [3.63, 3.8) is 0 Å². The summed E-state index contributed by atoms with van der Waals surface area (Å²) in [5.41, 5.74) is 12.8. The van der Waals surface area contributed by atoms with E-state index in [-0.39, 0.29) is 6.17 Å². The van der Waals surface area contributed by atoms with Crippen LogP contribution in [0.5, 0.6) is 0 Å². The summed E-state index contributed by atoms with van der Waals surface area (Å²) in [7, 11) is 0. The number of aliphatic imine (C=N–C) groups is 2. The molecule has 0 amide bonds. The number of nitrogens with one attached hydrogen (secondary N) is 1. The van der Waals surface area contributed by atoms with Gasteiger partial charge in [0, 0.05) is 43.9 Å². The van der Waals surface area contributed by atoms with Gasteiger partial charge in [0.1, 0.15) is 23.2 Å². The molecule has 0 fully saturated rings. The van der Waals surface area contributed by atoms with Crippen LogP contribution in [0.3, 0.4) is 0 Å². The zero-order valence-corrected chi connectivity index (χ0v) is 30.3. The Morgan fingerprint density at radius 1 is 0.446 bits per heavy atom. The highest BCUT2D eigenvalue weighted by Crippen LogP contribution is 2.39. The first-order valence-electron chi connectivity index (χ1n) is 18.9. The van der Waals surface area contributed by atoms with Crippen molar-refractivity contribution in [2.75, 3.05) is 0 Å². The van der Waals surface area contributed by atoms with Gasteiger partial charge in [0.2, 0.25) is 0 Å². The second kappa shape index (κ2) is 13.1. The Bertz CT molecular complexity index is 3140. The number of nitrogens with zero attached hydrogens (tertiary/aromatic N) is 3. The summed E-state index contributed by atoms with van der Waals surface area (Å²) >= 11 is 0. The maximum absolute atomic E-state index is 6.58. The van der Waals surface area contributed by atoms with E-state index in [9.17, 15) is 0 Å². The van der Waals surface area contributed by atoms with Gasteiger partial charge in [0.25, 0.3) is 0 Å². The molecule has 11 rings (SSSR count). The molecule has 0 saturated heterocycles. The molecule has 0 spiro atoms. The van der Waals surface area contributed by atoms with E-state index < -0.39 is 0 Å². The molecule has 0 saturated carbocycles. The lowest BCUT2D eigenvalue weighted by Crippen LogP contribution is -2.33. The maximum Gasteiger partial charge on any atom is 0.159 e. The van der Waals surface area contributed by atoms with Gasteiger partial charge in [-0.2, -0.15) is 0 Å². The fourth-order valence-electron chi connectivity index (χ4n) is 8.19. The standard InChI is InChI=1S/C51H34N4O/c1-4-13-33(14-5-1)37-26-30-45-43(31-37)40-19-10-11-21-44(40)55(45)39-27-23-34(24-28-39)38-25-29-41-47(32-38)56-46-22-12-20-42(48(41)46)51-53-49(35-15-6-2-7-16-35)52-50(54-51)36-17-8-3-9-18-36/h1-32,51H,(H,52,53,54). The second-order valence-corrected chi connectivity index (χ2v) is 14.2. The lowest BCUT2D eigenvalue weighted by molar-refractivity contribution is 0.662. The highest BCUT2D eigenvalue weighted by atomic mass is 16.3. The predicted octanol–water partition coefficient (Wildman–Crippen LogP) is 12.5. The number of fused-ring (bicyclic) bond motifs is 6. The van der Waals surface area contributed by atoms with E-state index in [0.717, 1.165) is 61.3 Å². The summed E-state index contributed by atoms with van der Waals surface area (Å²) in [6.07, 6.45) is -0.361. The Morgan fingerprint density at radius 2 is 1.07 bits per heavy atom. The molecule has 10 aromatic rings. The average Bonchev–Trinajstić information content (AvgIpc) is 3.82. The van der Waals surface area contributed by atoms with E-state index in [1.165, 1.54) is 32.9 Å². The molecule has 3 heterocycles. The van der Waals surface area contributed by atoms with Gasteiger partial charge in [-0.15, -0.1) is 0 Å². The number of amidine groups is 2. The van der Waals surface area contributed by atoms with Crippen LogP contribution in [0.25, 0.3) is 71.7 Å². The van der Waals surface area contributed by atoms with Crippen molar-refractivity contribution in [2.24, 2.45) is 9.98 Å². The molecule has 5 heteroatoms. The molecule has 1 N–H and O–H groups in total. The SMILES string of the molecule is c1ccc(C2=NC(c3cccc4oc5cc(-c6ccc(-n7c8ccccc8c8cc(-c9ccccc9)ccc87)cc6)ccc5c34)NC(c3ccccc3)=N2)cc1. The summed E-state index contributed by atoms with van der Waals surface area (Å²) in [6, 6.07) is 68.1. The zero-order chi connectivity index (χ0) is 37.0. The van der Waals surface area contributed by atoms with Gasteiger partial charge in [-0.3, -0.25) is 0 Å². The Kier molecular flexibility index (Phi) is 7.49. The van der Waals surface area contributed by atoms with E-state index in [4.69, 9.17) is 14.4 Å². The minimum Gasteiger partial charge on any atom is -0.456 e. The smallest absolute Gasteiger partial charge is 0.159 e.